The van der Waals surface area contributed by atoms with Crippen LogP contribution >= 0.6 is 0 Å². The van der Waals surface area contributed by atoms with E-state index in [1.54, 1.807) is 11.1 Å². The molecular formula is C17H20N4O2. The number of anilines is 2. The average molecular weight is 312 g/mol. The Hall–Kier alpha value is -2.47. The molecule has 0 radical (unpaired) electrons. The highest BCUT2D eigenvalue weighted by Crippen LogP contribution is 2.21. The van der Waals surface area contributed by atoms with Crippen LogP contribution in [-0.2, 0) is 4.74 Å². The van der Waals surface area contributed by atoms with Crippen LogP contribution in [0.5, 0.6) is 0 Å². The fourth-order valence-corrected chi connectivity index (χ4v) is 2.46. The van der Waals surface area contributed by atoms with Gasteiger partial charge in [-0.15, -0.1) is 0 Å². The molecule has 0 bridgehead atoms. The van der Waals surface area contributed by atoms with E-state index in [0.717, 1.165) is 5.69 Å². The zero-order chi connectivity index (χ0) is 16.2. The lowest BCUT2D eigenvalue weighted by molar-refractivity contribution is 0.0298. The summed E-state index contributed by atoms with van der Waals surface area (Å²) < 4.78 is 5.25. The van der Waals surface area contributed by atoms with E-state index in [4.69, 9.17) is 4.74 Å². The number of hydrogen-bond donors (Lipinski definition) is 1. The average Bonchev–Trinajstić information content (AvgIpc) is 2.60. The van der Waals surface area contributed by atoms with Crippen LogP contribution in [0.2, 0.25) is 0 Å². The van der Waals surface area contributed by atoms with Crippen molar-refractivity contribution >= 4 is 17.4 Å². The predicted octanol–water partition coefficient (Wildman–Crippen LogP) is 2.31. The number of morpholine rings is 1. The number of amides is 1. The van der Waals surface area contributed by atoms with Gasteiger partial charge in [0.05, 0.1) is 25.6 Å². The smallest absolute Gasteiger partial charge is 0.274 e. The molecule has 1 aliphatic heterocycles. The van der Waals surface area contributed by atoms with Gasteiger partial charge in [-0.1, -0.05) is 12.1 Å². The zero-order valence-corrected chi connectivity index (χ0v) is 13.4. The van der Waals surface area contributed by atoms with Crippen LogP contribution in [0.3, 0.4) is 0 Å². The molecule has 23 heavy (non-hydrogen) atoms. The van der Waals surface area contributed by atoms with Crippen LogP contribution in [0.1, 0.15) is 21.6 Å². The van der Waals surface area contributed by atoms with Crippen molar-refractivity contribution < 1.29 is 9.53 Å². The molecule has 0 unspecified atom stereocenters. The topological polar surface area (TPSA) is 67.4 Å². The van der Waals surface area contributed by atoms with Gasteiger partial charge in [0.2, 0.25) is 0 Å². The second kappa shape index (κ2) is 6.75. The van der Waals surface area contributed by atoms with Gasteiger partial charge in [0.15, 0.2) is 0 Å². The molecule has 2 aromatic rings. The van der Waals surface area contributed by atoms with E-state index < -0.39 is 0 Å². The Labute approximate surface area is 135 Å². The molecular weight excluding hydrogens is 292 g/mol. The first-order valence-corrected chi connectivity index (χ1v) is 7.67. The zero-order valence-electron chi connectivity index (χ0n) is 13.4. The van der Waals surface area contributed by atoms with Crippen molar-refractivity contribution in [3.8, 4) is 0 Å². The molecule has 1 aromatic heterocycles. The summed E-state index contributed by atoms with van der Waals surface area (Å²) in [6.45, 7) is 6.47. The highest BCUT2D eigenvalue weighted by atomic mass is 16.5. The minimum Gasteiger partial charge on any atom is -0.378 e. The van der Waals surface area contributed by atoms with Gasteiger partial charge < -0.3 is 15.0 Å². The van der Waals surface area contributed by atoms with Crippen LogP contribution in [0, 0.1) is 13.8 Å². The molecule has 1 saturated heterocycles. The summed E-state index contributed by atoms with van der Waals surface area (Å²) in [5.41, 5.74) is 3.73. The molecule has 2 heterocycles. The Morgan fingerprint density at radius 2 is 1.96 bits per heavy atom. The molecule has 1 aliphatic rings. The third-order valence-corrected chi connectivity index (χ3v) is 4.04. The van der Waals surface area contributed by atoms with Crippen molar-refractivity contribution in [1.29, 1.82) is 0 Å². The fourth-order valence-electron chi connectivity index (χ4n) is 2.46. The van der Waals surface area contributed by atoms with Crippen LogP contribution in [-0.4, -0.2) is 47.1 Å². The lowest BCUT2D eigenvalue weighted by atomic mass is 10.1. The summed E-state index contributed by atoms with van der Waals surface area (Å²) in [4.78, 5) is 22.6. The molecule has 1 amide bonds. The van der Waals surface area contributed by atoms with Crippen LogP contribution in [0.4, 0.5) is 11.5 Å². The minimum absolute atomic E-state index is 0.0981. The Kier molecular flexibility index (Phi) is 4.52. The van der Waals surface area contributed by atoms with E-state index in [9.17, 15) is 4.79 Å². The summed E-state index contributed by atoms with van der Waals surface area (Å²) in [6.07, 6.45) is 3.11. The standard InChI is InChI=1S/C17H20N4O2/c1-12-4-3-5-14(13(12)2)20-16-11-18-15(10-19-16)17(22)21-6-8-23-9-7-21/h3-5,10-11H,6-9H2,1-2H3,(H,19,20). The van der Waals surface area contributed by atoms with Crippen molar-refractivity contribution in [2.45, 2.75) is 13.8 Å². The van der Waals surface area contributed by atoms with Gasteiger partial charge in [-0.2, -0.15) is 0 Å². The number of hydrogen-bond acceptors (Lipinski definition) is 5. The third kappa shape index (κ3) is 3.48. The lowest BCUT2D eigenvalue weighted by Crippen LogP contribution is -2.41. The number of aryl methyl sites for hydroxylation is 1. The fraction of sp³-hybridized carbons (Fsp3) is 0.353. The van der Waals surface area contributed by atoms with Crippen molar-refractivity contribution in [3.05, 3.63) is 47.4 Å². The van der Waals surface area contributed by atoms with Crippen molar-refractivity contribution in [1.82, 2.24) is 14.9 Å². The lowest BCUT2D eigenvalue weighted by Gasteiger charge is -2.26. The monoisotopic (exact) mass is 312 g/mol. The first-order valence-electron chi connectivity index (χ1n) is 7.67. The Bertz CT molecular complexity index is 694. The second-order valence-corrected chi connectivity index (χ2v) is 5.56. The molecule has 6 nitrogen and oxygen atoms in total. The van der Waals surface area contributed by atoms with E-state index >= 15 is 0 Å². The quantitative estimate of drug-likeness (QED) is 0.942. The van der Waals surface area contributed by atoms with Crippen molar-refractivity contribution in [3.63, 3.8) is 0 Å². The molecule has 1 aromatic carbocycles. The predicted molar refractivity (Wildman–Crippen MR) is 88.0 cm³/mol. The third-order valence-electron chi connectivity index (χ3n) is 4.04. The number of nitrogens with one attached hydrogen (secondary N) is 1. The number of ether oxygens (including phenoxy) is 1. The number of carbonyl (C=O) groups is 1. The van der Waals surface area contributed by atoms with Gasteiger partial charge in [0.1, 0.15) is 11.5 Å². The van der Waals surface area contributed by atoms with Gasteiger partial charge >= 0.3 is 0 Å². The Morgan fingerprint density at radius 1 is 1.17 bits per heavy atom. The first-order chi connectivity index (χ1) is 11.1. The molecule has 0 aliphatic carbocycles. The van der Waals surface area contributed by atoms with Gasteiger partial charge in [-0.3, -0.25) is 4.79 Å². The van der Waals surface area contributed by atoms with Gasteiger partial charge in [0.25, 0.3) is 5.91 Å². The normalized spacial score (nSPS) is 14.6. The maximum Gasteiger partial charge on any atom is 0.274 e. The van der Waals surface area contributed by atoms with Gasteiger partial charge in [0, 0.05) is 18.8 Å². The van der Waals surface area contributed by atoms with Gasteiger partial charge in [-0.25, -0.2) is 9.97 Å². The number of benzene rings is 1. The number of nitrogens with zero attached hydrogens (tertiary/aromatic N) is 3. The van der Waals surface area contributed by atoms with Crippen molar-refractivity contribution in [2.75, 3.05) is 31.6 Å². The molecule has 120 valence electrons. The molecule has 1 N–H and O–H groups in total. The molecule has 6 heteroatoms. The molecule has 3 rings (SSSR count). The summed E-state index contributed by atoms with van der Waals surface area (Å²) in [5.74, 6) is 0.524. The van der Waals surface area contributed by atoms with E-state index in [1.165, 1.54) is 17.3 Å². The van der Waals surface area contributed by atoms with E-state index in [2.05, 4.69) is 35.2 Å². The van der Waals surface area contributed by atoms with Crippen LogP contribution < -0.4 is 5.32 Å². The summed E-state index contributed by atoms with van der Waals surface area (Å²) in [7, 11) is 0. The van der Waals surface area contributed by atoms with E-state index in [-0.39, 0.29) is 5.91 Å². The van der Waals surface area contributed by atoms with E-state index in [1.807, 2.05) is 12.1 Å². The van der Waals surface area contributed by atoms with Gasteiger partial charge in [-0.05, 0) is 31.0 Å². The molecule has 0 saturated carbocycles. The number of rotatable bonds is 3. The maximum atomic E-state index is 12.3. The minimum atomic E-state index is -0.0981. The first kappa shape index (κ1) is 15.4. The van der Waals surface area contributed by atoms with Crippen LogP contribution in [0.25, 0.3) is 0 Å². The number of aromatic nitrogens is 2. The Morgan fingerprint density at radius 3 is 2.65 bits per heavy atom. The SMILES string of the molecule is Cc1cccc(Nc2cnc(C(=O)N3CCOCC3)cn2)c1C. The molecule has 0 atom stereocenters. The highest BCUT2D eigenvalue weighted by Gasteiger charge is 2.19. The van der Waals surface area contributed by atoms with E-state index in [0.29, 0.717) is 37.8 Å². The van der Waals surface area contributed by atoms with Crippen molar-refractivity contribution in [2.24, 2.45) is 0 Å². The summed E-state index contributed by atoms with van der Waals surface area (Å²) in [5, 5.41) is 3.24. The highest BCUT2D eigenvalue weighted by molar-refractivity contribution is 5.92. The second-order valence-electron chi connectivity index (χ2n) is 5.56. The number of carbonyl (C=O) groups excluding carboxylic acids is 1. The summed E-state index contributed by atoms with van der Waals surface area (Å²) >= 11 is 0. The maximum absolute atomic E-state index is 12.3. The summed E-state index contributed by atoms with van der Waals surface area (Å²) in [6, 6.07) is 6.06. The molecule has 1 fully saturated rings. The molecule has 0 spiro atoms. The largest absolute Gasteiger partial charge is 0.378 e. The van der Waals surface area contributed by atoms with Crippen LogP contribution in [0.15, 0.2) is 30.6 Å². The Balaban J connectivity index is 1.71.